The Morgan fingerprint density at radius 3 is 2.08 bits per heavy atom. The van der Waals surface area contributed by atoms with Gasteiger partial charge < -0.3 is 19.3 Å². The van der Waals surface area contributed by atoms with Gasteiger partial charge in [0.1, 0.15) is 0 Å². The van der Waals surface area contributed by atoms with Crippen molar-refractivity contribution in [2.45, 2.75) is 33.1 Å². The number of rotatable bonds is 0. The van der Waals surface area contributed by atoms with Crippen molar-refractivity contribution in [3.05, 3.63) is 6.92 Å². The van der Waals surface area contributed by atoms with E-state index in [1.807, 2.05) is 0 Å². The van der Waals surface area contributed by atoms with E-state index >= 15 is 0 Å². The monoisotopic (exact) mass is 181 g/mol. The smallest absolute Gasteiger partial charge is 1.00 e. The molecule has 0 aromatic carbocycles. The van der Waals surface area contributed by atoms with Crippen LogP contribution in [0.4, 0.5) is 0 Å². The minimum atomic E-state index is 0. The maximum atomic E-state index is 4.27. The molecular formula is C10H17BeCl. The van der Waals surface area contributed by atoms with E-state index in [9.17, 15) is 0 Å². The third-order valence-electron chi connectivity index (χ3n) is 4.05. The standard InChI is InChI=1S/C10H17.Be.ClH/c1-7-8-4-5-9(6-8)10(7,2)3;;/h7-9H,1,4-6H2,2-3H3;;1H/q-1;+2;/p-1/t7-,8?,9-;;/m1../s1. The van der Waals surface area contributed by atoms with Gasteiger partial charge in [-0.1, -0.05) is 31.6 Å². The summed E-state index contributed by atoms with van der Waals surface area (Å²) >= 11 is 0. The van der Waals surface area contributed by atoms with Crippen molar-refractivity contribution >= 4 is 10.1 Å². The molecule has 2 bridgehead atoms. The van der Waals surface area contributed by atoms with Gasteiger partial charge in [-0.25, -0.2) is 0 Å². The Morgan fingerprint density at radius 2 is 1.83 bits per heavy atom. The number of fused-ring (bicyclic) bond motifs is 2. The average Bonchev–Trinajstić information content (AvgIpc) is 2.37. The van der Waals surface area contributed by atoms with E-state index in [4.69, 9.17) is 0 Å². The first-order valence-electron chi connectivity index (χ1n) is 4.45. The normalized spacial score (nSPS) is 41.8. The summed E-state index contributed by atoms with van der Waals surface area (Å²) in [4.78, 5) is 0. The summed E-state index contributed by atoms with van der Waals surface area (Å²) in [6.07, 6.45) is 4.41. The molecule has 2 aliphatic rings. The minimum absolute atomic E-state index is 0. The maximum Gasteiger partial charge on any atom is 2.00 e. The second kappa shape index (κ2) is 3.68. The van der Waals surface area contributed by atoms with E-state index in [-0.39, 0.29) is 22.5 Å². The molecule has 0 N–H and O–H groups in total. The molecule has 2 saturated carbocycles. The molecule has 66 valence electrons. The van der Waals surface area contributed by atoms with Crippen molar-refractivity contribution in [1.82, 2.24) is 0 Å². The first kappa shape index (κ1) is 12.5. The Morgan fingerprint density at radius 1 is 1.25 bits per heavy atom. The molecule has 0 amide bonds. The number of hydrogen-bond donors (Lipinski definition) is 0. The Labute approximate surface area is 86.1 Å². The van der Waals surface area contributed by atoms with Gasteiger partial charge in [0, 0.05) is 0 Å². The summed E-state index contributed by atoms with van der Waals surface area (Å²) in [5.41, 5.74) is 0.558. The topological polar surface area (TPSA) is 0 Å². The van der Waals surface area contributed by atoms with Gasteiger partial charge in [-0.2, -0.15) is 5.92 Å². The van der Waals surface area contributed by atoms with Gasteiger partial charge in [0.05, 0.1) is 0 Å². The van der Waals surface area contributed by atoms with Crippen LogP contribution < -0.4 is 12.4 Å². The van der Waals surface area contributed by atoms with Crippen molar-refractivity contribution < 1.29 is 12.4 Å². The fourth-order valence-corrected chi connectivity index (χ4v) is 2.97. The zero-order valence-corrected chi connectivity index (χ0v) is 8.90. The molecule has 0 aromatic heterocycles. The van der Waals surface area contributed by atoms with Crippen molar-refractivity contribution in [2.24, 2.45) is 23.2 Å². The van der Waals surface area contributed by atoms with E-state index in [1.54, 1.807) is 0 Å². The van der Waals surface area contributed by atoms with Crippen LogP contribution in [0.25, 0.3) is 0 Å². The molecule has 2 fully saturated rings. The SMILES string of the molecule is [Be+2].[CH2-][C@@H]1C2CC[C@H](C2)C1(C)C.[Cl-]. The minimum Gasteiger partial charge on any atom is -1.00 e. The first-order chi connectivity index (χ1) is 4.62. The molecule has 0 aromatic rings. The second-order valence-corrected chi connectivity index (χ2v) is 4.70. The maximum absolute atomic E-state index is 4.27. The summed E-state index contributed by atoms with van der Waals surface area (Å²) in [7, 11) is 0. The van der Waals surface area contributed by atoms with Crippen LogP contribution in [0, 0.1) is 30.1 Å². The van der Waals surface area contributed by atoms with Crippen molar-refractivity contribution in [3.63, 3.8) is 0 Å². The van der Waals surface area contributed by atoms with Crippen LogP contribution in [0.15, 0.2) is 0 Å². The largest absolute Gasteiger partial charge is 2.00 e. The van der Waals surface area contributed by atoms with Crippen molar-refractivity contribution in [1.29, 1.82) is 0 Å². The molecule has 3 atom stereocenters. The molecule has 2 rings (SSSR count). The molecule has 2 heteroatoms. The van der Waals surface area contributed by atoms with Crippen LogP contribution in [-0.4, -0.2) is 10.1 Å². The molecule has 0 nitrogen and oxygen atoms in total. The summed E-state index contributed by atoms with van der Waals surface area (Å²) in [6, 6.07) is 0. The third-order valence-corrected chi connectivity index (χ3v) is 4.05. The Bertz CT molecular complexity index is 152. The van der Waals surface area contributed by atoms with Gasteiger partial charge in [-0.15, -0.1) is 0 Å². The molecule has 0 aliphatic heterocycles. The van der Waals surface area contributed by atoms with Crippen LogP contribution in [0.1, 0.15) is 33.1 Å². The van der Waals surface area contributed by atoms with Crippen LogP contribution in [0.2, 0.25) is 0 Å². The van der Waals surface area contributed by atoms with E-state index in [0.29, 0.717) is 5.41 Å². The first-order valence-corrected chi connectivity index (χ1v) is 4.45. The fourth-order valence-electron chi connectivity index (χ4n) is 2.97. The molecule has 0 radical (unpaired) electrons. The third kappa shape index (κ3) is 1.44. The van der Waals surface area contributed by atoms with Gasteiger partial charge in [0.25, 0.3) is 0 Å². The van der Waals surface area contributed by atoms with Crippen molar-refractivity contribution in [2.75, 3.05) is 0 Å². The second-order valence-electron chi connectivity index (χ2n) is 4.70. The number of hydrogen-bond acceptors (Lipinski definition) is 0. The average molecular weight is 182 g/mol. The van der Waals surface area contributed by atoms with Gasteiger partial charge in [-0.3, -0.25) is 0 Å². The van der Waals surface area contributed by atoms with E-state index in [2.05, 4.69) is 20.8 Å². The predicted octanol–water partition coefficient (Wildman–Crippen LogP) is -0.484. The summed E-state index contributed by atoms with van der Waals surface area (Å²) in [6.45, 7) is 9.07. The number of halogens is 1. The Balaban J connectivity index is 0.000000605. The van der Waals surface area contributed by atoms with Gasteiger partial charge >= 0.3 is 10.1 Å². The van der Waals surface area contributed by atoms with E-state index in [0.717, 1.165) is 17.8 Å². The molecule has 2 aliphatic carbocycles. The van der Waals surface area contributed by atoms with Crippen LogP contribution in [0.3, 0.4) is 0 Å². The molecule has 0 heterocycles. The molecule has 0 spiro atoms. The molecule has 1 unspecified atom stereocenters. The van der Waals surface area contributed by atoms with Crippen molar-refractivity contribution in [3.8, 4) is 0 Å². The van der Waals surface area contributed by atoms with Crippen LogP contribution >= 0.6 is 0 Å². The van der Waals surface area contributed by atoms with Gasteiger partial charge in [0.2, 0.25) is 0 Å². The van der Waals surface area contributed by atoms with Crippen LogP contribution in [0.5, 0.6) is 0 Å². The van der Waals surface area contributed by atoms with E-state index in [1.165, 1.54) is 19.3 Å². The molecular weight excluding hydrogens is 165 g/mol. The fraction of sp³-hybridized carbons (Fsp3) is 0.900. The summed E-state index contributed by atoms with van der Waals surface area (Å²) in [5, 5.41) is 0. The van der Waals surface area contributed by atoms with Gasteiger partial charge in [0.15, 0.2) is 0 Å². The van der Waals surface area contributed by atoms with Crippen LogP contribution in [-0.2, 0) is 0 Å². The summed E-state index contributed by atoms with van der Waals surface area (Å²) in [5.74, 6) is 2.71. The Kier molecular flexibility index (Phi) is 3.82. The quantitative estimate of drug-likeness (QED) is 0.350. The van der Waals surface area contributed by atoms with Gasteiger partial charge in [-0.05, 0) is 18.8 Å². The van der Waals surface area contributed by atoms with E-state index < -0.39 is 0 Å². The zero-order valence-electron chi connectivity index (χ0n) is 8.15. The zero-order chi connectivity index (χ0) is 7.35. The molecule has 12 heavy (non-hydrogen) atoms. The Hall–Kier alpha value is 0.459. The molecule has 0 saturated heterocycles. The summed E-state index contributed by atoms with van der Waals surface area (Å²) < 4.78 is 0. The predicted molar refractivity (Wildman–Crippen MR) is 49.2 cm³/mol.